The number of anilines is 1. The zero-order valence-corrected chi connectivity index (χ0v) is 19.0. The van der Waals surface area contributed by atoms with Gasteiger partial charge in [0.2, 0.25) is 15.9 Å². The maximum atomic E-state index is 13.6. The van der Waals surface area contributed by atoms with E-state index >= 15 is 0 Å². The van der Waals surface area contributed by atoms with Gasteiger partial charge >= 0.3 is 0 Å². The van der Waals surface area contributed by atoms with Gasteiger partial charge in [0.25, 0.3) is 0 Å². The van der Waals surface area contributed by atoms with E-state index in [-0.39, 0.29) is 17.9 Å². The Hall–Kier alpha value is -2.34. The average molecular weight is 427 g/mol. The van der Waals surface area contributed by atoms with Gasteiger partial charge in [0, 0.05) is 13.1 Å². The molecule has 0 saturated heterocycles. The summed E-state index contributed by atoms with van der Waals surface area (Å²) in [7, 11) is -3.41. The second-order valence-corrected chi connectivity index (χ2v) is 11.5. The molecule has 6 heteroatoms. The predicted molar refractivity (Wildman–Crippen MR) is 120 cm³/mol. The minimum atomic E-state index is -3.41. The smallest absolute Gasteiger partial charge is 0.233 e. The zero-order chi connectivity index (χ0) is 21.7. The molecule has 1 saturated carbocycles. The molecule has 1 fully saturated rings. The molecule has 2 aromatic rings. The molecule has 1 aliphatic heterocycles. The number of nitrogens with zero attached hydrogens (tertiary/aromatic N) is 2. The lowest BCUT2D eigenvalue weighted by atomic mass is 9.84. The number of hydrogen-bond donors (Lipinski definition) is 0. The first-order valence-corrected chi connectivity index (χ1v) is 12.3. The summed E-state index contributed by atoms with van der Waals surface area (Å²) in [5.74, 6) is 0.108. The van der Waals surface area contributed by atoms with Crippen LogP contribution in [-0.2, 0) is 32.2 Å². The highest BCUT2D eigenvalue weighted by Crippen LogP contribution is 2.50. The molecule has 30 heavy (non-hydrogen) atoms. The lowest BCUT2D eigenvalue weighted by molar-refractivity contribution is -0.134. The molecule has 4 rings (SSSR count). The number of carbonyl (C=O) groups is 1. The first kappa shape index (κ1) is 20.9. The molecule has 2 aromatic carbocycles. The van der Waals surface area contributed by atoms with E-state index in [1.54, 1.807) is 0 Å². The van der Waals surface area contributed by atoms with E-state index in [4.69, 9.17) is 0 Å². The maximum Gasteiger partial charge on any atom is 0.233 e. The molecule has 0 atom stereocenters. The van der Waals surface area contributed by atoms with Crippen LogP contribution in [0.1, 0.15) is 50.3 Å². The largest absolute Gasteiger partial charge is 0.336 e. The summed E-state index contributed by atoms with van der Waals surface area (Å²) in [5.41, 5.74) is 3.47. The third-order valence-electron chi connectivity index (χ3n) is 6.34. The molecular weight excluding hydrogens is 396 g/mol. The van der Waals surface area contributed by atoms with E-state index in [1.165, 1.54) is 16.1 Å². The molecule has 0 N–H and O–H groups in total. The van der Waals surface area contributed by atoms with Crippen LogP contribution in [0.5, 0.6) is 0 Å². The third kappa shape index (κ3) is 3.73. The van der Waals surface area contributed by atoms with Gasteiger partial charge in [-0.25, -0.2) is 8.42 Å². The summed E-state index contributed by atoms with van der Waals surface area (Å²) >= 11 is 0. The number of fused-ring (bicyclic) bond motifs is 1. The fraction of sp³-hybridized carbons (Fsp3) is 0.458. The van der Waals surface area contributed by atoms with Crippen molar-refractivity contribution in [2.45, 2.75) is 51.0 Å². The Labute approximate surface area is 179 Å². The van der Waals surface area contributed by atoms with E-state index in [2.05, 4.69) is 45.0 Å². The quantitative estimate of drug-likeness (QED) is 0.750. The van der Waals surface area contributed by atoms with Gasteiger partial charge < -0.3 is 4.90 Å². The Morgan fingerprint density at radius 3 is 2.17 bits per heavy atom. The summed E-state index contributed by atoms with van der Waals surface area (Å²) in [6.07, 6.45) is 2.91. The van der Waals surface area contributed by atoms with Crippen molar-refractivity contribution in [3.63, 3.8) is 0 Å². The minimum Gasteiger partial charge on any atom is -0.336 e. The van der Waals surface area contributed by atoms with E-state index in [9.17, 15) is 13.2 Å². The van der Waals surface area contributed by atoms with Crippen LogP contribution in [0, 0.1) is 0 Å². The van der Waals surface area contributed by atoms with Crippen molar-refractivity contribution in [2.24, 2.45) is 0 Å². The van der Waals surface area contributed by atoms with E-state index < -0.39 is 15.4 Å². The van der Waals surface area contributed by atoms with Crippen molar-refractivity contribution in [3.8, 4) is 0 Å². The fourth-order valence-electron chi connectivity index (χ4n) is 4.37. The Balaban J connectivity index is 1.63. The summed E-state index contributed by atoms with van der Waals surface area (Å²) in [6.45, 7) is 7.65. The van der Waals surface area contributed by atoms with Crippen molar-refractivity contribution in [2.75, 3.05) is 23.7 Å². The summed E-state index contributed by atoms with van der Waals surface area (Å²) < 4.78 is 26.1. The highest BCUT2D eigenvalue weighted by atomic mass is 32.2. The molecule has 0 spiro atoms. The van der Waals surface area contributed by atoms with Crippen molar-refractivity contribution in [3.05, 3.63) is 65.2 Å². The Kier molecular flexibility index (Phi) is 4.96. The Bertz CT molecular complexity index is 1060. The van der Waals surface area contributed by atoms with Crippen LogP contribution in [0.2, 0.25) is 0 Å². The topological polar surface area (TPSA) is 57.7 Å². The number of para-hydroxylation sites is 1. The highest BCUT2D eigenvalue weighted by Gasteiger charge is 2.53. The molecule has 5 nitrogen and oxygen atoms in total. The van der Waals surface area contributed by atoms with Crippen LogP contribution >= 0.6 is 0 Å². The van der Waals surface area contributed by atoms with Gasteiger partial charge in [-0.3, -0.25) is 9.10 Å². The molecule has 1 heterocycles. The van der Waals surface area contributed by atoms with Crippen LogP contribution in [0.15, 0.2) is 48.5 Å². The van der Waals surface area contributed by atoms with Gasteiger partial charge in [0.1, 0.15) is 0 Å². The average Bonchev–Trinajstić information content (AvgIpc) is 3.49. The number of amides is 1. The Morgan fingerprint density at radius 2 is 1.60 bits per heavy atom. The predicted octanol–water partition coefficient (Wildman–Crippen LogP) is 3.82. The molecular formula is C24H30N2O3S. The Morgan fingerprint density at radius 1 is 0.967 bits per heavy atom. The summed E-state index contributed by atoms with van der Waals surface area (Å²) in [6, 6.07) is 15.9. The molecule has 0 bridgehead atoms. The van der Waals surface area contributed by atoms with Crippen molar-refractivity contribution in [1.82, 2.24) is 4.90 Å². The van der Waals surface area contributed by atoms with Crippen LogP contribution < -0.4 is 4.31 Å². The number of sulfonamides is 1. The van der Waals surface area contributed by atoms with Crippen LogP contribution in [0.25, 0.3) is 0 Å². The minimum absolute atomic E-state index is 0.0723. The van der Waals surface area contributed by atoms with Crippen LogP contribution in [0.3, 0.4) is 0 Å². The summed E-state index contributed by atoms with van der Waals surface area (Å²) in [5, 5.41) is 0. The van der Waals surface area contributed by atoms with Gasteiger partial charge in [0.05, 0.1) is 23.9 Å². The van der Waals surface area contributed by atoms with Gasteiger partial charge in [-0.2, -0.15) is 0 Å². The van der Waals surface area contributed by atoms with Gasteiger partial charge in [-0.1, -0.05) is 63.2 Å². The first-order valence-electron chi connectivity index (χ1n) is 10.5. The molecule has 1 amide bonds. The monoisotopic (exact) mass is 426 g/mol. The van der Waals surface area contributed by atoms with Gasteiger partial charge in [0.15, 0.2) is 0 Å². The second kappa shape index (κ2) is 7.12. The maximum absolute atomic E-state index is 13.6. The third-order valence-corrected chi connectivity index (χ3v) is 7.52. The fourth-order valence-corrected chi connectivity index (χ4v) is 5.31. The summed E-state index contributed by atoms with van der Waals surface area (Å²) in [4.78, 5) is 15.5. The van der Waals surface area contributed by atoms with Gasteiger partial charge in [-0.05, 0) is 41.0 Å². The first-order chi connectivity index (χ1) is 14.0. The zero-order valence-electron chi connectivity index (χ0n) is 18.2. The molecule has 0 radical (unpaired) electrons. The van der Waals surface area contributed by atoms with Crippen LogP contribution in [-0.4, -0.2) is 38.6 Å². The SMILES string of the molecule is CC(C)(C)c1ccc(C2(C(=O)N3CCN(S(C)(=O)=O)c4ccccc4C3)CC2)cc1. The molecule has 1 aliphatic carbocycles. The molecule has 2 aliphatic rings. The number of benzene rings is 2. The van der Waals surface area contributed by atoms with Gasteiger partial charge in [-0.15, -0.1) is 0 Å². The number of carbonyl (C=O) groups excluding carboxylic acids is 1. The lowest BCUT2D eigenvalue weighted by Crippen LogP contribution is -2.42. The van der Waals surface area contributed by atoms with E-state index in [1.807, 2.05) is 29.2 Å². The van der Waals surface area contributed by atoms with E-state index in [0.29, 0.717) is 18.8 Å². The lowest BCUT2D eigenvalue weighted by Gasteiger charge is -2.27. The molecule has 160 valence electrons. The number of rotatable bonds is 3. The molecule has 0 aromatic heterocycles. The van der Waals surface area contributed by atoms with Crippen molar-refractivity contribution < 1.29 is 13.2 Å². The van der Waals surface area contributed by atoms with E-state index in [0.717, 1.165) is 24.0 Å². The number of hydrogen-bond acceptors (Lipinski definition) is 3. The highest BCUT2D eigenvalue weighted by molar-refractivity contribution is 7.92. The van der Waals surface area contributed by atoms with Crippen molar-refractivity contribution in [1.29, 1.82) is 0 Å². The van der Waals surface area contributed by atoms with Crippen molar-refractivity contribution >= 4 is 21.6 Å². The normalized spacial score (nSPS) is 18.5. The standard InChI is InChI=1S/C24H30N2O3S/c1-23(2,3)19-9-11-20(12-10-19)24(13-14-24)22(27)25-15-16-26(30(4,28)29)21-8-6-5-7-18(21)17-25/h5-12H,13-17H2,1-4H3. The second-order valence-electron chi connectivity index (χ2n) is 9.60. The van der Waals surface area contributed by atoms with Crippen LogP contribution in [0.4, 0.5) is 5.69 Å². The molecule has 0 unspecified atom stereocenters.